The molecule has 0 unspecified atom stereocenters. The number of carbonyl (C=O) groups excluding carboxylic acids is 2. The minimum atomic E-state index is -0.605. The highest BCUT2D eigenvalue weighted by Crippen LogP contribution is 2.39. The van der Waals surface area contributed by atoms with E-state index in [0.29, 0.717) is 11.6 Å². The number of aromatic nitrogens is 7. The van der Waals surface area contributed by atoms with Gasteiger partial charge in [0.2, 0.25) is 0 Å². The van der Waals surface area contributed by atoms with Gasteiger partial charge in [-0.1, -0.05) is 16.8 Å². The third-order valence-corrected chi connectivity index (χ3v) is 6.92. The number of imidazole rings is 2. The molecule has 5 aromatic heterocycles. The average molecular weight is 538 g/mol. The molecule has 0 saturated heterocycles. The standard InChI is InChI=1S/C25H22ClFN8O3/c1-38-22(36)13-35-17(10-33-9-16(15-2-3-15)4-5-21(33)35)11-34-12-20(30-31-34)25(37)28-8-19-24-23(27)18(26)6-7-32(24)14-29-19/h4-7,9-10,12,14-15H,2-3,8,11,13H2,1H3/p+1. The van der Waals surface area contributed by atoms with Crippen LogP contribution in [0.5, 0.6) is 0 Å². The van der Waals surface area contributed by atoms with E-state index in [9.17, 15) is 14.0 Å². The second-order valence-electron chi connectivity index (χ2n) is 9.19. The van der Waals surface area contributed by atoms with Crippen LogP contribution in [0.4, 0.5) is 4.39 Å². The van der Waals surface area contributed by atoms with Crippen molar-refractivity contribution in [1.29, 1.82) is 0 Å². The van der Waals surface area contributed by atoms with E-state index in [1.54, 1.807) is 6.20 Å². The number of esters is 1. The SMILES string of the molecule is COC(=O)Cn1c(Cn2cc(C(=O)NCc3ncn4ccc(Cl)c(F)c34)nn2)c[n+]2cc(C3CC3)ccc12. The smallest absolute Gasteiger partial charge is 0.348 e. The van der Waals surface area contributed by atoms with E-state index in [-0.39, 0.29) is 41.8 Å². The first-order valence-electron chi connectivity index (χ1n) is 12.0. The van der Waals surface area contributed by atoms with Crippen molar-refractivity contribution < 1.29 is 23.1 Å². The van der Waals surface area contributed by atoms with Crippen LogP contribution in [0.25, 0.3) is 11.2 Å². The van der Waals surface area contributed by atoms with Gasteiger partial charge in [0.15, 0.2) is 23.7 Å². The lowest BCUT2D eigenvalue weighted by Crippen LogP contribution is -2.23. The van der Waals surface area contributed by atoms with E-state index >= 15 is 0 Å². The zero-order chi connectivity index (χ0) is 26.4. The van der Waals surface area contributed by atoms with Crippen LogP contribution >= 0.6 is 11.6 Å². The number of rotatable bonds is 8. The fraction of sp³-hybridized carbons (Fsp3) is 0.280. The van der Waals surface area contributed by atoms with E-state index in [2.05, 4.69) is 32.9 Å². The minimum absolute atomic E-state index is 0.0210. The Morgan fingerprint density at radius 2 is 2.11 bits per heavy atom. The Kier molecular flexibility index (Phi) is 6.03. The molecule has 0 atom stereocenters. The number of nitrogens with zero attached hydrogens (tertiary/aromatic N) is 7. The summed E-state index contributed by atoms with van der Waals surface area (Å²) in [5.41, 5.74) is 3.51. The van der Waals surface area contributed by atoms with Gasteiger partial charge in [0.05, 0.1) is 43.1 Å². The van der Waals surface area contributed by atoms with Crippen LogP contribution in [0.2, 0.25) is 5.02 Å². The zero-order valence-corrected chi connectivity index (χ0v) is 21.1. The van der Waals surface area contributed by atoms with Crippen molar-refractivity contribution >= 4 is 34.6 Å². The molecule has 6 rings (SSSR count). The van der Waals surface area contributed by atoms with Crippen LogP contribution in [-0.2, 0) is 29.2 Å². The van der Waals surface area contributed by atoms with Crippen LogP contribution in [0, 0.1) is 5.82 Å². The maximum absolute atomic E-state index is 14.5. The summed E-state index contributed by atoms with van der Waals surface area (Å²) in [5, 5.41) is 10.7. The number of hydrogen-bond donors (Lipinski definition) is 1. The van der Waals surface area contributed by atoms with Crippen LogP contribution < -0.4 is 9.72 Å². The molecule has 0 radical (unpaired) electrons. The highest BCUT2D eigenvalue weighted by Gasteiger charge is 2.27. The Balaban J connectivity index is 1.20. The lowest BCUT2D eigenvalue weighted by Gasteiger charge is -2.03. The number of nitrogens with one attached hydrogen (secondary N) is 1. The third-order valence-electron chi connectivity index (χ3n) is 6.63. The zero-order valence-electron chi connectivity index (χ0n) is 20.3. The van der Waals surface area contributed by atoms with E-state index in [1.165, 1.54) is 53.2 Å². The minimum Gasteiger partial charge on any atom is -0.466 e. The molecule has 5 heterocycles. The summed E-state index contributed by atoms with van der Waals surface area (Å²) < 4.78 is 26.2. The Morgan fingerprint density at radius 3 is 2.89 bits per heavy atom. The largest absolute Gasteiger partial charge is 0.466 e. The van der Waals surface area contributed by atoms with Gasteiger partial charge in [-0.05, 0) is 36.5 Å². The van der Waals surface area contributed by atoms with Gasteiger partial charge >= 0.3 is 5.97 Å². The second-order valence-corrected chi connectivity index (χ2v) is 9.60. The Bertz CT molecular complexity index is 1700. The van der Waals surface area contributed by atoms with Crippen molar-refractivity contribution in [1.82, 2.24) is 34.3 Å². The number of ether oxygens (including phenoxy) is 1. The molecular formula is C25H23ClFN8O3+. The number of pyridine rings is 2. The lowest BCUT2D eigenvalue weighted by atomic mass is 10.2. The summed E-state index contributed by atoms with van der Waals surface area (Å²) in [7, 11) is 1.35. The number of amides is 1. The highest BCUT2D eigenvalue weighted by molar-refractivity contribution is 6.31. The monoisotopic (exact) mass is 537 g/mol. The predicted octanol–water partition coefficient (Wildman–Crippen LogP) is 2.29. The van der Waals surface area contributed by atoms with Gasteiger partial charge in [-0.2, -0.15) is 0 Å². The van der Waals surface area contributed by atoms with E-state index in [4.69, 9.17) is 16.3 Å². The van der Waals surface area contributed by atoms with Crippen LogP contribution in [0.3, 0.4) is 0 Å². The van der Waals surface area contributed by atoms with Gasteiger partial charge in [-0.25, -0.2) is 27.8 Å². The van der Waals surface area contributed by atoms with Crippen molar-refractivity contribution in [2.24, 2.45) is 0 Å². The third kappa shape index (κ3) is 4.47. The first kappa shape index (κ1) is 24.0. The summed E-state index contributed by atoms with van der Waals surface area (Å²) in [6, 6.07) is 5.52. The van der Waals surface area contributed by atoms with Gasteiger partial charge in [0.1, 0.15) is 18.3 Å². The molecule has 1 aliphatic rings. The van der Waals surface area contributed by atoms with Gasteiger partial charge in [0.25, 0.3) is 11.6 Å². The Morgan fingerprint density at radius 1 is 1.26 bits per heavy atom. The van der Waals surface area contributed by atoms with Gasteiger partial charge < -0.3 is 14.5 Å². The lowest BCUT2D eigenvalue weighted by molar-refractivity contribution is -0.511. The number of hydrogen-bond acceptors (Lipinski definition) is 6. The van der Waals surface area contributed by atoms with Crippen molar-refractivity contribution in [2.75, 3.05) is 7.11 Å². The molecule has 0 spiro atoms. The van der Waals surface area contributed by atoms with Crippen LogP contribution in [0.15, 0.2) is 49.3 Å². The van der Waals surface area contributed by atoms with Crippen LogP contribution in [0.1, 0.15) is 46.2 Å². The first-order valence-corrected chi connectivity index (χ1v) is 12.4. The predicted molar refractivity (Wildman–Crippen MR) is 132 cm³/mol. The number of fused-ring (bicyclic) bond motifs is 2. The van der Waals surface area contributed by atoms with Crippen molar-refractivity contribution in [2.45, 2.75) is 38.4 Å². The van der Waals surface area contributed by atoms with Gasteiger partial charge in [-0.3, -0.25) is 4.79 Å². The maximum atomic E-state index is 14.5. The Hall–Kier alpha value is -4.32. The van der Waals surface area contributed by atoms with Gasteiger partial charge in [-0.15, -0.1) is 5.10 Å². The normalized spacial score (nSPS) is 13.3. The molecule has 11 nitrogen and oxygen atoms in total. The molecule has 0 aliphatic heterocycles. The number of carbonyl (C=O) groups is 2. The number of methoxy groups -OCH3 is 1. The summed E-state index contributed by atoms with van der Waals surface area (Å²) in [4.78, 5) is 29.0. The molecular weight excluding hydrogens is 515 g/mol. The molecule has 5 aromatic rings. The van der Waals surface area contributed by atoms with Crippen molar-refractivity contribution in [3.05, 3.63) is 82.8 Å². The molecule has 38 heavy (non-hydrogen) atoms. The van der Waals surface area contributed by atoms with Crippen molar-refractivity contribution in [3.8, 4) is 0 Å². The molecule has 1 fully saturated rings. The molecule has 1 aliphatic carbocycles. The summed E-state index contributed by atoms with van der Waals surface area (Å²) in [6.45, 7) is 0.284. The van der Waals surface area contributed by atoms with Crippen LogP contribution in [-0.4, -0.2) is 47.9 Å². The average Bonchev–Trinajstić information content (AvgIpc) is 3.38. The van der Waals surface area contributed by atoms with E-state index in [1.807, 2.05) is 21.2 Å². The molecule has 0 bridgehead atoms. The van der Waals surface area contributed by atoms with Crippen molar-refractivity contribution in [3.63, 3.8) is 0 Å². The fourth-order valence-corrected chi connectivity index (χ4v) is 4.66. The first-order chi connectivity index (χ1) is 18.4. The molecule has 1 amide bonds. The molecule has 194 valence electrons. The summed E-state index contributed by atoms with van der Waals surface area (Å²) in [5.74, 6) is -0.882. The number of halogens is 2. The molecule has 1 N–H and O–H groups in total. The Labute approximate surface area is 220 Å². The summed E-state index contributed by atoms with van der Waals surface area (Å²) >= 11 is 5.89. The quantitative estimate of drug-likeness (QED) is 0.240. The highest BCUT2D eigenvalue weighted by atomic mass is 35.5. The van der Waals surface area contributed by atoms with E-state index < -0.39 is 11.7 Å². The van der Waals surface area contributed by atoms with E-state index in [0.717, 1.165) is 11.3 Å². The fourth-order valence-electron chi connectivity index (χ4n) is 4.51. The molecule has 1 saturated carbocycles. The molecule has 13 heteroatoms. The summed E-state index contributed by atoms with van der Waals surface area (Å²) in [6.07, 6.45) is 10.9. The van der Waals surface area contributed by atoms with Gasteiger partial charge in [0, 0.05) is 12.3 Å². The molecule has 0 aromatic carbocycles. The second kappa shape index (κ2) is 9.53. The maximum Gasteiger partial charge on any atom is 0.348 e. The topological polar surface area (TPSA) is 112 Å².